The Morgan fingerprint density at radius 2 is 1.89 bits per heavy atom. The van der Waals surface area contributed by atoms with Gasteiger partial charge in [-0.25, -0.2) is 0 Å². The number of hydrogen-bond donors (Lipinski definition) is 2. The number of hydrogen-bond acceptors (Lipinski definition) is 3. The van der Waals surface area contributed by atoms with E-state index in [1.54, 1.807) is 43.5 Å². The first-order chi connectivity index (χ1) is 8.61. The van der Waals surface area contributed by atoms with Gasteiger partial charge in [-0.2, -0.15) is 0 Å². The minimum atomic E-state index is 0.536. The highest BCUT2D eigenvalue weighted by Crippen LogP contribution is 2.35. The molecular formula is C13H12Cl2N2O. The topological polar surface area (TPSA) is 47.3 Å². The van der Waals surface area contributed by atoms with E-state index >= 15 is 0 Å². The molecular weight excluding hydrogens is 271 g/mol. The number of rotatable bonds is 3. The Balaban J connectivity index is 2.39. The molecule has 0 aliphatic carbocycles. The van der Waals surface area contributed by atoms with Crippen molar-refractivity contribution >= 4 is 40.3 Å². The van der Waals surface area contributed by atoms with Crippen molar-refractivity contribution in [2.75, 3.05) is 18.2 Å². The minimum absolute atomic E-state index is 0.536. The number of para-hydroxylation sites is 1. The van der Waals surface area contributed by atoms with Gasteiger partial charge >= 0.3 is 0 Å². The van der Waals surface area contributed by atoms with Crippen LogP contribution >= 0.6 is 23.2 Å². The van der Waals surface area contributed by atoms with Crippen LogP contribution in [0.25, 0.3) is 0 Å². The first-order valence-electron chi connectivity index (χ1n) is 5.26. The van der Waals surface area contributed by atoms with E-state index in [0.717, 1.165) is 0 Å². The number of benzene rings is 2. The molecule has 5 heteroatoms. The van der Waals surface area contributed by atoms with Gasteiger partial charge in [-0.3, -0.25) is 0 Å². The van der Waals surface area contributed by atoms with E-state index < -0.39 is 0 Å². The molecule has 3 N–H and O–H groups in total. The maximum atomic E-state index is 6.11. The van der Waals surface area contributed by atoms with Crippen LogP contribution in [0.15, 0.2) is 36.4 Å². The Labute approximate surface area is 115 Å². The third kappa shape index (κ3) is 2.63. The van der Waals surface area contributed by atoms with Crippen LogP contribution in [0.2, 0.25) is 10.0 Å². The van der Waals surface area contributed by atoms with Crippen LogP contribution in [0.5, 0.6) is 5.75 Å². The molecule has 2 rings (SSSR count). The second kappa shape index (κ2) is 5.38. The van der Waals surface area contributed by atoms with Crippen molar-refractivity contribution in [1.29, 1.82) is 0 Å². The lowest BCUT2D eigenvalue weighted by molar-refractivity contribution is 0.415. The van der Waals surface area contributed by atoms with E-state index in [-0.39, 0.29) is 0 Å². The molecule has 0 fully saturated rings. The van der Waals surface area contributed by atoms with Crippen LogP contribution in [0.1, 0.15) is 0 Å². The number of halogens is 2. The Morgan fingerprint density at radius 1 is 1.11 bits per heavy atom. The van der Waals surface area contributed by atoms with Crippen LogP contribution < -0.4 is 15.8 Å². The molecule has 0 aromatic heterocycles. The van der Waals surface area contributed by atoms with Crippen LogP contribution in [0.4, 0.5) is 17.1 Å². The molecule has 0 atom stereocenters. The van der Waals surface area contributed by atoms with Crippen molar-refractivity contribution in [2.45, 2.75) is 0 Å². The van der Waals surface area contributed by atoms with E-state index in [2.05, 4.69) is 5.32 Å². The van der Waals surface area contributed by atoms with Gasteiger partial charge in [0.25, 0.3) is 0 Å². The molecule has 0 spiro atoms. The minimum Gasteiger partial charge on any atom is -0.497 e. The molecule has 2 aromatic rings. The Bertz CT molecular complexity index is 553. The second-order valence-electron chi connectivity index (χ2n) is 3.67. The summed E-state index contributed by atoms with van der Waals surface area (Å²) in [6.07, 6.45) is 0. The predicted molar refractivity (Wildman–Crippen MR) is 77.2 cm³/mol. The quantitative estimate of drug-likeness (QED) is 0.824. The van der Waals surface area contributed by atoms with Crippen molar-refractivity contribution in [3.05, 3.63) is 46.4 Å². The van der Waals surface area contributed by atoms with Gasteiger partial charge in [0.15, 0.2) is 0 Å². The highest BCUT2D eigenvalue weighted by atomic mass is 35.5. The summed E-state index contributed by atoms with van der Waals surface area (Å²) in [5.74, 6) is 0.701. The standard InChI is InChI=1S/C13H12Cl2N2O/c1-18-8-5-6-9(14)12(7-8)17-13-10(15)3-2-4-11(13)16/h2-7,17H,16H2,1H3. The summed E-state index contributed by atoms with van der Waals surface area (Å²) in [5, 5.41) is 4.22. The Kier molecular flexibility index (Phi) is 3.84. The maximum Gasteiger partial charge on any atom is 0.121 e. The molecule has 2 aromatic carbocycles. The number of ether oxygens (including phenoxy) is 1. The third-order valence-electron chi connectivity index (χ3n) is 2.48. The fourth-order valence-electron chi connectivity index (χ4n) is 1.53. The molecule has 18 heavy (non-hydrogen) atoms. The smallest absolute Gasteiger partial charge is 0.121 e. The number of nitrogen functional groups attached to an aromatic ring is 1. The second-order valence-corrected chi connectivity index (χ2v) is 4.49. The SMILES string of the molecule is COc1ccc(Cl)c(Nc2c(N)cccc2Cl)c1. The van der Waals surface area contributed by atoms with E-state index in [0.29, 0.717) is 32.9 Å². The summed E-state index contributed by atoms with van der Waals surface area (Å²) >= 11 is 12.2. The zero-order valence-electron chi connectivity index (χ0n) is 9.71. The third-order valence-corrected chi connectivity index (χ3v) is 3.12. The summed E-state index contributed by atoms with van der Waals surface area (Å²) in [6.45, 7) is 0. The lowest BCUT2D eigenvalue weighted by atomic mass is 10.2. The number of nitrogens with two attached hydrogens (primary N) is 1. The summed E-state index contributed by atoms with van der Waals surface area (Å²) in [7, 11) is 1.59. The fraction of sp³-hybridized carbons (Fsp3) is 0.0769. The summed E-state index contributed by atoms with van der Waals surface area (Å²) in [5.41, 5.74) is 7.75. The number of anilines is 3. The first-order valence-corrected chi connectivity index (χ1v) is 6.02. The van der Waals surface area contributed by atoms with Gasteiger partial charge in [0.1, 0.15) is 5.75 Å². The zero-order valence-corrected chi connectivity index (χ0v) is 11.2. The van der Waals surface area contributed by atoms with Gasteiger partial charge in [0.05, 0.1) is 34.2 Å². The van der Waals surface area contributed by atoms with Crippen molar-refractivity contribution in [2.24, 2.45) is 0 Å². The van der Waals surface area contributed by atoms with E-state index in [1.807, 2.05) is 0 Å². The van der Waals surface area contributed by atoms with E-state index in [9.17, 15) is 0 Å². The van der Waals surface area contributed by atoms with Gasteiger partial charge in [0, 0.05) is 6.07 Å². The molecule has 0 saturated carbocycles. The molecule has 0 amide bonds. The monoisotopic (exact) mass is 282 g/mol. The molecule has 0 aliphatic rings. The molecule has 0 bridgehead atoms. The normalized spacial score (nSPS) is 10.2. The molecule has 0 heterocycles. The maximum absolute atomic E-state index is 6.11. The van der Waals surface area contributed by atoms with Crippen LogP contribution in [-0.4, -0.2) is 7.11 Å². The van der Waals surface area contributed by atoms with Crippen molar-refractivity contribution in [3.8, 4) is 5.75 Å². The van der Waals surface area contributed by atoms with E-state index in [1.165, 1.54) is 0 Å². The molecule has 0 unspecified atom stereocenters. The summed E-state index contributed by atoms with van der Waals surface area (Å²) in [6, 6.07) is 10.6. The largest absolute Gasteiger partial charge is 0.497 e. The van der Waals surface area contributed by atoms with Crippen molar-refractivity contribution < 1.29 is 4.74 Å². The van der Waals surface area contributed by atoms with Gasteiger partial charge in [0.2, 0.25) is 0 Å². The molecule has 0 aliphatic heterocycles. The molecule has 94 valence electrons. The van der Waals surface area contributed by atoms with Crippen LogP contribution in [-0.2, 0) is 0 Å². The average molecular weight is 283 g/mol. The predicted octanol–water partition coefficient (Wildman–Crippen LogP) is 4.33. The first kappa shape index (κ1) is 12.9. The molecule has 0 saturated heterocycles. The van der Waals surface area contributed by atoms with Gasteiger partial charge in [-0.15, -0.1) is 0 Å². The highest BCUT2D eigenvalue weighted by Gasteiger charge is 2.08. The lowest BCUT2D eigenvalue weighted by Gasteiger charge is -2.13. The van der Waals surface area contributed by atoms with Gasteiger partial charge in [-0.05, 0) is 24.3 Å². The Morgan fingerprint density at radius 3 is 2.56 bits per heavy atom. The van der Waals surface area contributed by atoms with Crippen LogP contribution in [0, 0.1) is 0 Å². The summed E-state index contributed by atoms with van der Waals surface area (Å²) < 4.78 is 5.15. The molecule has 0 radical (unpaired) electrons. The van der Waals surface area contributed by atoms with Crippen molar-refractivity contribution in [1.82, 2.24) is 0 Å². The number of nitrogens with one attached hydrogen (secondary N) is 1. The highest BCUT2D eigenvalue weighted by molar-refractivity contribution is 6.35. The summed E-state index contributed by atoms with van der Waals surface area (Å²) in [4.78, 5) is 0. The average Bonchev–Trinajstić information content (AvgIpc) is 2.36. The molecule has 3 nitrogen and oxygen atoms in total. The van der Waals surface area contributed by atoms with Crippen molar-refractivity contribution in [3.63, 3.8) is 0 Å². The van der Waals surface area contributed by atoms with Gasteiger partial charge in [-0.1, -0.05) is 29.3 Å². The van der Waals surface area contributed by atoms with Crippen LogP contribution in [0.3, 0.4) is 0 Å². The zero-order chi connectivity index (χ0) is 13.1. The number of methoxy groups -OCH3 is 1. The van der Waals surface area contributed by atoms with E-state index in [4.69, 9.17) is 33.7 Å². The van der Waals surface area contributed by atoms with Gasteiger partial charge < -0.3 is 15.8 Å². The fourth-order valence-corrected chi connectivity index (χ4v) is 1.93. The lowest BCUT2D eigenvalue weighted by Crippen LogP contribution is -1.98. The Hall–Kier alpha value is -1.58.